The highest BCUT2D eigenvalue weighted by molar-refractivity contribution is 5.93. The van der Waals surface area contributed by atoms with Gasteiger partial charge in [-0.2, -0.15) is 0 Å². The first-order chi connectivity index (χ1) is 31.7. The van der Waals surface area contributed by atoms with Crippen LogP contribution in [0.4, 0.5) is 0 Å². The second-order valence-corrected chi connectivity index (χ2v) is 17.4. The first-order valence-corrected chi connectivity index (χ1v) is 22.3. The summed E-state index contributed by atoms with van der Waals surface area (Å²) >= 11 is 0. The smallest absolute Gasteiger partial charge is 0.0712 e. The van der Waals surface area contributed by atoms with Crippen LogP contribution in [0.25, 0.3) is 88.6 Å². The predicted octanol–water partition coefficient (Wildman–Crippen LogP) is 16.4. The first-order valence-electron chi connectivity index (χ1n) is 22.3. The Bertz CT molecular complexity index is 3490. The largest absolute Gasteiger partial charge is 0.248 e. The summed E-state index contributed by atoms with van der Waals surface area (Å²) in [4.78, 5) is 5.59. The van der Waals surface area contributed by atoms with Gasteiger partial charge in [0, 0.05) is 23.0 Å². The molecule has 13 rings (SSSR count). The van der Waals surface area contributed by atoms with Crippen molar-refractivity contribution in [3.63, 3.8) is 0 Å². The number of pyridine rings is 1. The van der Waals surface area contributed by atoms with Gasteiger partial charge in [0.2, 0.25) is 0 Å². The lowest BCUT2D eigenvalue weighted by Crippen LogP contribution is -2.08. The molecule has 0 radical (unpaired) electrons. The van der Waals surface area contributed by atoms with E-state index in [0.29, 0.717) is 0 Å². The zero-order valence-corrected chi connectivity index (χ0v) is 35.1. The van der Waals surface area contributed by atoms with Crippen LogP contribution in [0.1, 0.15) is 45.2 Å². The number of rotatable bonds is 6. The molecule has 1 nitrogen and oxygen atoms in total. The van der Waals surface area contributed by atoms with Crippen molar-refractivity contribution in [3.05, 3.63) is 270 Å². The SMILES string of the molecule is c1ccc(C2c3ccccc3-c3ccc4c(c32)C(c2cc(-c3cccc(-c5ccc6ccccc6c5)c3)nc(-c3cccc(-c5ccc6ccccc6c5)c3)c2)c2ccccc2-4)cc1. The van der Waals surface area contributed by atoms with E-state index in [1.54, 1.807) is 0 Å². The Balaban J connectivity index is 1.03. The van der Waals surface area contributed by atoms with Crippen LogP contribution in [-0.4, -0.2) is 4.98 Å². The third kappa shape index (κ3) is 5.97. The molecule has 0 saturated heterocycles. The second kappa shape index (κ2) is 14.8. The lowest BCUT2D eigenvalue weighted by Gasteiger charge is -2.23. The van der Waals surface area contributed by atoms with Crippen molar-refractivity contribution in [2.75, 3.05) is 0 Å². The van der Waals surface area contributed by atoms with Crippen molar-refractivity contribution in [2.45, 2.75) is 11.8 Å². The Kier molecular flexibility index (Phi) is 8.42. The molecule has 11 aromatic rings. The third-order valence-electron chi connectivity index (χ3n) is 13.8. The van der Waals surface area contributed by atoms with Gasteiger partial charge in [-0.25, -0.2) is 4.98 Å². The minimum absolute atomic E-state index is 0.00508. The molecule has 0 fully saturated rings. The highest BCUT2D eigenvalue weighted by Gasteiger charge is 2.40. The van der Waals surface area contributed by atoms with Crippen LogP contribution < -0.4 is 0 Å². The van der Waals surface area contributed by atoms with E-state index in [1.807, 2.05) is 0 Å². The Morgan fingerprint density at radius 1 is 0.250 bits per heavy atom. The van der Waals surface area contributed by atoms with E-state index in [0.717, 1.165) is 22.5 Å². The van der Waals surface area contributed by atoms with Gasteiger partial charge in [-0.3, -0.25) is 0 Å². The van der Waals surface area contributed by atoms with E-state index in [1.165, 1.54) is 99.4 Å². The van der Waals surface area contributed by atoms with Crippen molar-refractivity contribution in [2.24, 2.45) is 0 Å². The molecular weight excluding hydrogens is 771 g/mol. The molecule has 2 aliphatic carbocycles. The van der Waals surface area contributed by atoms with E-state index in [9.17, 15) is 0 Å². The number of aromatic nitrogens is 1. The summed E-state index contributed by atoms with van der Waals surface area (Å²) < 4.78 is 0. The zero-order chi connectivity index (χ0) is 42.1. The molecule has 0 spiro atoms. The van der Waals surface area contributed by atoms with Crippen LogP contribution in [0.5, 0.6) is 0 Å². The maximum Gasteiger partial charge on any atom is 0.0712 e. The van der Waals surface area contributed by atoms with Gasteiger partial charge in [0.1, 0.15) is 0 Å². The Hall–Kier alpha value is -8.13. The summed E-state index contributed by atoms with van der Waals surface area (Å²) in [5.74, 6) is 0.117. The lowest BCUT2D eigenvalue weighted by atomic mass is 9.80. The van der Waals surface area contributed by atoms with E-state index in [4.69, 9.17) is 4.98 Å². The number of hydrogen-bond acceptors (Lipinski definition) is 1. The van der Waals surface area contributed by atoms with Gasteiger partial charge in [0.05, 0.1) is 11.4 Å². The Labute approximate surface area is 373 Å². The summed E-state index contributed by atoms with van der Waals surface area (Å²) in [5, 5.41) is 4.96. The third-order valence-corrected chi connectivity index (χ3v) is 13.8. The molecule has 1 heteroatoms. The van der Waals surface area contributed by atoms with Crippen molar-refractivity contribution in [1.29, 1.82) is 0 Å². The molecule has 0 aliphatic heterocycles. The molecule has 0 bridgehead atoms. The van der Waals surface area contributed by atoms with Crippen molar-refractivity contribution >= 4 is 21.5 Å². The summed E-state index contributed by atoms with van der Waals surface area (Å²) in [5.41, 5.74) is 22.3. The molecule has 1 heterocycles. The second-order valence-electron chi connectivity index (χ2n) is 17.4. The zero-order valence-electron chi connectivity index (χ0n) is 35.1. The van der Waals surface area contributed by atoms with Gasteiger partial charge >= 0.3 is 0 Å². The number of fused-ring (bicyclic) bond motifs is 9. The lowest BCUT2D eigenvalue weighted by molar-refractivity contribution is 0.936. The van der Waals surface area contributed by atoms with E-state index in [2.05, 4.69) is 237 Å². The van der Waals surface area contributed by atoms with Gasteiger partial charge in [-0.15, -0.1) is 0 Å². The maximum absolute atomic E-state index is 5.59. The van der Waals surface area contributed by atoms with Crippen molar-refractivity contribution < 1.29 is 0 Å². The average Bonchev–Trinajstić information content (AvgIpc) is 3.89. The van der Waals surface area contributed by atoms with Gasteiger partial charge in [-0.05, 0) is 136 Å². The molecule has 64 heavy (non-hydrogen) atoms. The molecule has 0 saturated carbocycles. The molecule has 2 atom stereocenters. The van der Waals surface area contributed by atoms with Gasteiger partial charge in [-0.1, -0.05) is 200 Å². The number of benzene rings is 10. The molecular formula is C63H41N. The van der Waals surface area contributed by atoms with Gasteiger partial charge in [0.25, 0.3) is 0 Å². The summed E-state index contributed by atoms with van der Waals surface area (Å²) in [6.45, 7) is 0. The number of hydrogen-bond donors (Lipinski definition) is 0. The fourth-order valence-corrected chi connectivity index (χ4v) is 10.8. The highest BCUT2D eigenvalue weighted by Crippen LogP contribution is 2.58. The van der Waals surface area contributed by atoms with Crippen LogP contribution in [0, 0.1) is 0 Å². The van der Waals surface area contributed by atoms with Crippen LogP contribution in [0.3, 0.4) is 0 Å². The summed E-state index contributed by atoms with van der Waals surface area (Å²) in [6.07, 6.45) is 0. The fraction of sp³-hybridized carbons (Fsp3) is 0.0317. The number of nitrogens with zero attached hydrogens (tertiary/aromatic N) is 1. The summed E-state index contributed by atoms with van der Waals surface area (Å²) in [7, 11) is 0. The van der Waals surface area contributed by atoms with Crippen LogP contribution >= 0.6 is 0 Å². The van der Waals surface area contributed by atoms with Crippen LogP contribution in [0.15, 0.2) is 237 Å². The molecule has 0 amide bonds. The minimum Gasteiger partial charge on any atom is -0.248 e. The van der Waals surface area contributed by atoms with Gasteiger partial charge in [0.15, 0.2) is 0 Å². The molecule has 2 unspecified atom stereocenters. The van der Waals surface area contributed by atoms with E-state index in [-0.39, 0.29) is 11.8 Å². The van der Waals surface area contributed by atoms with E-state index < -0.39 is 0 Å². The van der Waals surface area contributed by atoms with Crippen molar-refractivity contribution in [1.82, 2.24) is 4.98 Å². The van der Waals surface area contributed by atoms with E-state index >= 15 is 0 Å². The molecule has 2 aliphatic rings. The molecule has 1 aromatic heterocycles. The normalized spacial score (nSPS) is 14.6. The Morgan fingerprint density at radius 3 is 1.20 bits per heavy atom. The van der Waals surface area contributed by atoms with Crippen molar-refractivity contribution in [3.8, 4) is 67.0 Å². The highest BCUT2D eigenvalue weighted by atomic mass is 14.7. The first kappa shape index (κ1) is 36.5. The molecule has 298 valence electrons. The maximum atomic E-state index is 5.59. The topological polar surface area (TPSA) is 12.9 Å². The minimum atomic E-state index is -0.00508. The van der Waals surface area contributed by atoms with Crippen LogP contribution in [0.2, 0.25) is 0 Å². The molecule has 0 N–H and O–H groups in total. The molecule has 10 aromatic carbocycles. The summed E-state index contributed by atoms with van der Waals surface area (Å²) in [6, 6.07) is 87.4. The predicted molar refractivity (Wildman–Crippen MR) is 267 cm³/mol. The van der Waals surface area contributed by atoms with Gasteiger partial charge < -0.3 is 0 Å². The average molecular weight is 812 g/mol. The standard InChI is InChI=1S/C63H41N/c1-2-16-42(17-3-1)60-54-26-10-8-24-52(54)56-32-33-57-53-25-9-11-27-55(53)61(63(57)62(56)60)51-38-58(49-22-12-20-45(36-49)47-30-28-40-14-4-6-18-43(40)34-47)64-59(39-51)50-23-13-21-46(37-50)48-31-29-41-15-5-7-19-44(41)35-48/h1-39,60-61H. The quantitative estimate of drug-likeness (QED) is 0.163. The Morgan fingerprint density at radius 2 is 0.672 bits per heavy atom. The monoisotopic (exact) mass is 811 g/mol. The fourth-order valence-electron chi connectivity index (χ4n) is 10.8. The van der Waals surface area contributed by atoms with Crippen LogP contribution in [-0.2, 0) is 0 Å².